The Morgan fingerprint density at radius 3 is 2.34 bits per heavy atom. The van der Waals surface area contributed by atoms with Gasteiger partial charge >= 0.3 is 0 Å². The first-order valence-corrected chi connectivity index (χ1v) is 10.4. The Bertz CT molecular complexity index is 1170. The van der Waals surface area contributed by atoms with Gasteiger partial charge in [0.1, 0.15) is 0 Å². The average Bonchev–Trinajstić information content (AvgIpc) is 3.11. The second-order valence-electron chi connectivity index (χ2n) is 7.89. The lowest BCUT2D eigenvalue weighted by atomic mass is 9.99. The van der Waals surface area contributed by atoms with Crippen LogP contribution in [0.15, 0.2) is 66.7 Å². The lowest BCUT2D eigenvalue weighted by molar-refractivity contribution is -0.110. The highest BCUT2D eigenvalue weighted by Gasteiger charge is 2.30. The minimum absolute atomic E-state index is 0.175. The molecule has 0 aliphatic carbocycles. The fourth-order valence-corrected chi connectivity index (χ4v) is 3.89. The quantitative estimate of drug-likeness (QED) is 0.533. The van der Waals surface area contributed by atoms with Crippen molar-refractivity contribution in [3.8, 4) is 11.5 Å². The maximum Gasteiger partial charge on any atom is 0.258 e. The summed E-state index contributed by atoms with van der Waals surface area (Å²) in [7, 11) is 7.25. The number of fused-ring (bicyclic) bond motifs is 1. The molecule has 1 aliphatic heterocycles. The van der Waals surface area contributed by atoms with Gasteiger partial charge in [0.25, 0.3) is 5.91 Å². The van der Waals surface area contributed by atoms with Crippen molar-refractivity contribution in [2.24, 2.45) is 0 Å². The van der Waals surface area contributed by atoms with Crippen LogP contribution < -0.4 is 20.1 Å². The molecule has 1 amide bonds. The van der Waals surface area contributed by atoms with Gasteiger partial charge in [-0.3, -0.25) is 4.79 Å². The number of carbonyl (C=O) groups is 1. The topological polar surface area (TPSA) is 62.8 Å². The average molecular weight is 430 g/mol. The molecule has 4 rings (SSSR count). The molecule has 6 heteroatoms. The van der Waals surface area contributed by atoms with Crippen LogP contribution in [-0.4, -0.2) is 39.1 Å². The van der Waals surface area contributed by atoms with Gasteiger partial charge in [-0.15, -0.1) is 0 Å². The van der Waals surface area contributed by atoms with E-state index in [0.717, 1.165) is 29.1 Å². The van der Waals surface area contributed by atoms with Gasteiger partial charge in [-0.25, -0.2) is 0 Å². The van der Waals surface area contributed by atoms with E-state index in [0.29, 0.717) is 22.8 Å². The van der Waals surface area contributed by atoms with Gasteiger partial charge in [-0.1, -0.05) is 42.5 Å². The molecule has 164 valence electrons. The van der Waals surface area contributed by atoms with E-state index in [-0.39, 0.29) is 5.91 Å². The van der Waals surface area contributed by atoms with Crippen LogP contribution in [0.5, 0.6) is 11.5 Å². The Hall–Kier alpha value is -3.77. The Balaban J connectivity index is 1.86. The van der Waals surface area contributed by atoms with Gasteiger partial charge in [-0.05, 0) is 43.4 Å². The summed E-state index contributed by atoms with van der Waals surface area (Å²) in [6.45, 7) is 0.826. The van der Waals surface area contributed by atoms with Crippen molar-refractivity contribution in [1.82, 2.24) is 4.90 Å². The van der Waals surface area contributed by atoms with Crippen molar-refractivity contribution < 1.29 is 14.3 Å². The number of nitrogens with one attached hydrogen (secondary N) is 2. The third-order valence-corrected chi connectivity index (χ3v) is 5.28. The number of benzene rings is 3. The minimum Gasteiger partial charge on any atom is -0.493 e. The second kappa shape index (κ2) is 9.16. The zero-order chi connectivity index (χ0) is 22.7. The fourth-order valence-electron chi connectivity index (χ4n) is 3.89. The number of methoxy groups -OCH3 is 2. The predicted molar refractivity (Wildman–Crippen MR) is 129 cm³/mol. The summed E-state index contributed by atoms with van der Waals surface area (Å²) in [5.41, 5.74) is 5.76. The third-order valence-electron chi connectivity index (χ3n) is 5.28. The Kier molecular flexibility index (Phi) is 6.14. The van der Waals surface area contributed by atoms with Gasteiger partial charge < -0.3 is 25.0 Å². The molecule has 3 aromatic rings. The van der Waals surface area contributed by atoms with E-state index in [9.17, 15) is 4.79 Å². The number of anilines is 2. The van der Waals surface area contributed by atoms with Crippen molar-refractivity contribution in [3.63, 3.8) is 0 Å². The molecule has 2 N–H and O–H groups in total. The maximum atomic E-state index is 13.2. The number of carbonyl (C=O) groups excluding carboxylic acids is 1. The fraction of sp³-hybridized carbons (Fsp3) is 0.192. The summed E-state index contributed by atoms with van der Waals surface area (Å²) in [6.07, 6.45) is 0. The van der Waals surface area contributed by atoms with Crippen molar-refractivity contribution >= 4 is 28.6 Å². The molecule has 32 heavy (non-hydrogen) atoms. The first kappa shape index (κ1) is 21.5. The monoisotopic (exact) mass is 429 g/mol. The number of hydrogen-bond acceptors (Lipinski definition) is 5. The molecule has 1 aliphatic rings. The first-order chi connectivity index (χ1) is 15.5. The summed E-state index contributed by atoms with van der Waals surface area (Å²) in [5, 5.41) is 6.48. The summed E-state index contributed by atoms with van der Waals surface area (Å²) >= 11 is 0. The molecule has 0 saturated carbocycles. The van der Waals surface area contributed by atoms with E-state index in [4.69, 9.17) is 9.47 Å². The zero-order valence-corrected chi connectivity index (χ0v) is 18.7. The molecule has 6 nitrogen and oxygen atoms in total. The SMILES string of the molecule is COc1cc2c(cc1OC)/C(=C(/Nc1cccc(CN(C)C)c1)c1ccccc1)C(=O)N2. The van der Waals surface area contributed by atoms with Gasteiger partial charge in [0.15, 0.2) is 11.5 Å². The standard InChI is InChI=1S/C26H27N3O3/c1-29(2)16-17-9-8-12-19(13-17)27-25(18-10-6-5-7-11-18)24-20-14-22(31-3)23(32-4)15-21(20)28-26(24)30/h5-15,27H,16H2,1-4H3,(H,28,30)/b25-24-. The Morgan fingerprint density at radius 1 is 0.938 bits per heavy atom. The molecule has 0 fully saturated rings. The number of ether oxygens (including phenoxy) is 2. The van der Waals surface area contributed by atoms with Gasteiger partial charge in [0.2, 0.25) is 0 Å². The van der Waals surface area contributed by atoms with Crippen molar-refractivity contribution in [3.05, 3.63) is 83.4 Å². The highest BCUT2D eigenvalue weighted by molar-refractivity contribution is 6.37. The molecule has 0 aromatic heterocycles. The van der Waals surface area contributed by atoms with E-state index < -0.39 is 0 Å². The Morgan fingerprint density at radius 2 is 1.66 bits per heavy atom. The smallest absolute Gasteiger partial charge is 0.258 e. The maximum absolute atomic E-state index is 13.2. The molecule has 0 bridgehead atoms. The number of nitrogens with zero attached hydrogens (tertiary/aromatic N) is 1. The van der Waals surface area contributed by atoms with E-state index >= 15 is 0 Å². The Labute approximate surface area is 188 Å². The van der Waals surface area contributed by atoms with Crippen LogP contribution in [0.1, 0.15) is 16.7 Å². The largest absolute Gasteiger partial charge is 0.493 e. The summed E-state index contributed by atoms with van der Waals surface area (Å²) in [4.78, 5) is 15.3. The third kappa shape index (κ3) is 4.31. The molecular formula is C26H27N3O3. The molecule has 0 spiro atoms. The number of amides is 1. The van der Waals surface area contributed by atoms with Crippen molar-refractivity contribution in [1.29, 1.82) is 0 Å². The van der Waals surface area contributed by atoms with E-state index in [1.165, 1.54) is 5.56 Å². The van der Waals surface area contributed by atoms with Crippen molar-refractivity contribution in [2.45, 2.75) is 6.54 Å². The van der Waals surface area contributed by atoms with Gasteiger partial charge in [0.05, 0.1) is 31.2 Å². The number of rotatable bonds is 7. The van der Waals surface area contributed by atoms with E-state index in [2.05, 4.69) is 27.7 Å². The molecule has 1 heterocycles. The summed E-state index contributed by atoms with van der Waals surface area (Å²) < 4.78 is 10.9. The van der Waals surface area contributed by atoms with E-state index in [1.807, 2.05) is 62.6 Å². The molecule has 0 radical (unpaired) electrons. The van der Waals surface area contributed by atoms with Crippen LogP contribution >= 0.6 is 0 Å². The lowest BCUT2D eigenvalue weighted by Crippen LogP contribution is -2.12. The molecule has 0 unspecified atom stereocenters. The normalized spacial score (nSPS) is 14.1. The highest BCUT2D eigenvalue weighted by atomic mass is 16.5. The van der Waals surface area contributed by atoms with Crippen LogP contribution in [0, 0.1) is 0 Å². The van der Waals surface area contributed by atoms with E-state index in [1.54, 1.807) is 20.3 Å². The van der Waals surface area contributed by atoms with Crippen LogP contribution in [0.2, 0.25) is 0 Å². The second-order valence-corrected chi connectivity index (χ2v) is 7.89. The number of hydrogen-bond donors (Lipinski definition) is 2. The van der Waals surface area contributed by atoms with Crippen LogP contribution in [0.3, 0.4) is 0 Å². The van der Waals surface area contributed by atoms with Crippen LogP contribution in [0.4, 0.5) is 11.4 Å². The van der Waals surface area contributed by atoms with Crippen LogP contribution in [0.25, 0.3) is 11.3 Å². The molecule has 0 atom stereocenters. The van der Waals surface area contributed by atoms with Crippen LogP contribution in [-0.2, 0) is 11.3 Å². The zero-order valence-electron chi connectivity index (χ0n) is 18.7. The first-order valence-electron chi connectivity index (χ1n) is 10.4. The lowest BCUT2D eigenvalue weighted by Gasteiger charge is -2.17. The predicted octanol–water partition coefficient (Wildman–Crippen LogP) is 4.70. The van der Waals surface area contributed by atoms with Crippen molar-refractivity contribution in [2.75, 3.05) is 38.9 Å². The molecule has 3 aromatic carbocycles. The minimum atomic E-state index is -0.175. The van der Waals surface area contributed by atoms with Gasteiger partial charge in [-0.2, -0.15) is 0 Å². The summed E-state index contributed by atoms with van der Waals surface area (Å²) in [6, 6.07) is 21.7. The highest BCUT2D eigenvalue weighted by Crippen LogP contribution is 2.43. The molecular weight excluding hydrogens is 402 g/mol. The van der Waals surface area contributed by atoms with Gasteiger partial charge in [0, 0.05) is 23.9 Å². The molecule has 0 saturated heterocycles. The summed E-state index contributed by atoms with van der Waals surface area (Å²) in [5.74, 6) is 0.963.